The fourth-order valence-corrected chi connectivity index (χ4v) is 2.82. The summed E-state index contributed by atoms with van der Waals surface area (Å²) >= 11 is 5.66. The lowest BCUT2D eigenvalue weighted by molar-refractivity contribution is 0.102. The predicted octanol–water partition coefficient (Wildman–Crippen LogP) is 3.01. The van der Waals surface area contributed by atoms with Gasteiger partial charge in [0.25, 0.3) is 0 Å². The van der Waals surface area contributed by atoms with Crippen molar-refractivity contribution in [2.75, 3.05) is 12.9 Å². The number of hydrogen-bond donors (Lipinski definition) is 0. The Bertz CT molecular complexity index is 477. The van der Waals surface area contributed by atoms with Gasteiger partial charge in [0.1, 0.15) is 0 Å². The molecule has 0 radical (unpaired) electrons. The smallest absolute Gasteiger partial charge is 0.179 e. The first-order valence-corrected chi connectivity index (χ1v) is 7.47. The van der Waals surface area contributed by atoms with Crippen LogP contribution in [0.4, 0.5) is 0 Å². The van der Waals surface area contributed by atoms with Gasteiger partial charge in [-0.05, 0) is 46.7 Å². The second-order valence-electron chi connectivity index (χ2n) is 5.70. The second-order valence-corrected chi connectivity index (χ2v) is 5.97. The number of nitrogens with zero attached hydrogens (tertiary/aromatic N) is 2. The van der Waals surface area contributed by atoms with E-state index in [9.17, 15) is 4.79 Å². The maximum absolute atomic E-state index is 11.8. The summed E-state index contributed by atoms with van der Waals surface area (Å²) in [6.45, 7) is 7.25. The summed E-state index contributed by atoms with van der Waals surface area (Å²) < 4.78 is 2.24. The van der Waals surface area contributed by atoms with Crippen LogP contribution in [0.1, 0.15) is 41.5 Å². The van der Waals surface area contributed by atoms with Gasteiger partial charge in [0.2, 0.25) is 0 Å². The fourth-order valence-electron chi connectivity index (χ4n) is 2.67. The number of halogens is 1. The maximum atomic E-state index is 11.8. The van der Waals surface area contributed by atoms with E-state index in [1.54, 1.807) is 0 Å². The molecule has 19 heavy (non-hydrogen) atoms. The Morgan fingerprint density at radius 1 is 1.53 bits per heavy atom. The zero-order valence-electron chi connectivity index (χ0n) is 12.2. The number of Topliss-reactive ketones (excluding diaryl/α,β-unsaturated/α-hetero) is 1. The number of rotatable bonds is 6. The Hall–Kier alpha value is -0.800. The number of alkyl halides is 1. The molecule has 1 atom stereocenters. The highest BCUT2D eigenvalue weighted by atomic mass is 35.5. The molecule has 0 amide bonds. The summed E-state index contributed by atoms with van der Waals surface area (Å²) in [5, 5.41) is 0. The Kier molecular flexibility index (Phi) is 4.36. The van der Waals surface area contributed by atoms with Gasteiger partial charge in [-0.15, -0.1) is 11.6 Å². The zero-order chi connectivity index (χ0) is 14.2. The first-order valence-electron chi connectivity index (χ1n) is 6.93. The van der Waals surface area contributed by atoms with Crippen LogP contribution in [0.25, 0.3) is 0 Å². The molecule has 1 saturated carbocycles. The van der Waals surface area contributed by atoms with Crippen LogP contribution in [0.2, 0.25) is 0 Å². The fraction of sp³-hybridized carbons (Fsp3) is 0.667. The van der Waals surface area contributed by atoms with Crippen LogP contribution in [0.15, 0.2) is 6.07 Å². The van der Waals surface area contributed by atoms with Gasteiger partial charge in [-0.1, -0.05) is 0 Å². The Labute approximate surface area is 120 Å². The van der Waals surface area contributed by atoms with E-state index in [4.69, 9.17) is 11.6 Å². The number of carbonyl (C=O) groups is 1. The van der Waals surface area contributed by atoms with E-state index in [0.717, 1.165) is 29.5 Å². The number of aromatic nitrogens is 1. The van der Waals surface area contributed by atoms with E-state index in [2.05, 4.69) is 30.4 Å². The zero-order valence-corrected chi connectivity index (χ0v) is 13.0. The molecule has 106 valence electrons. The minimum absolute atomic E-state index is 0.0178. The van der Waals surface area contributed by atoms with Crippen molar-refractivity contribution in [2.45, 2.75) is 52.2 Å². The highest BCUT2D eigenvalue weighted by Gasteiger charge is 2.29. The minimum Gasteiger partial charge on any atom is -0.347 e. The molecule has 0 saturated heterocycles. The molecule has 4 heteroatoms. The molecule has 1 heterocycles. The first-order chi connectivity index (χ1) is 8.95. The van der Waals surface area contributed by atoms with Crippen molar-refractivity contribution in [3.63, 3.8) is 0 Å². The summed E-state index contributed by atoms with van der Waals surface area (Å²) in [7, 11) is 2.20. The van der Waals surface area contributed by atoms with Crippen molar-refractivity contribution < 1.29 is 4.79 Å². The molecule has 1 aliphatic rings. The highest BCUT2D eigenvalue weighted by Crippen LogP contribution is 2.28. The number of likely N-dealkylation sites (N-methyl/N-ethyl adjacent to an activating group) is 1. The molecular weight excluding hydrogens is 260 g/mol. The van der Waals surface area contributed by atoms with E-state index in [-0.39, 0.29) is 11.7 Å². The van der Waals surface area contributed by atoms with E-state index in [1.807, 2.05) is 13.0 Å². The van der Waals surface area contributed by atoms with Crippen LogP contribution in [0, 0.1) is 13.8 Å². The molecule has 0 aromatic carbocycles. The molecule has 1 unspecified atom stereocenters. The molecule has 0 N–H and O–H groups in total. The van der Waals surface area contributed by atoms with Crippen LogP contribution in [-0.4, -0.2) is 40.3 Å². The summed E-state index contributed by atoms with van der Waals surface area (Å²) in [5.74, 6) is 0.0752. The van der Waals surface area contributed by atoms with Crippen molar-refractivity contribution in [1.29, 1.82) is 0 Å². The molecule has 3 nitrogen and oxygen atoms in total. The summed E-state index contributed by atoms with van der Waals surface area (Å²) in [6, 6.07) is 3.20. The van der Waals surface area contributed by atoms with Gasteiger partial charge < -0.3 is 4.57 Å². The lowest BCUT2D eigenvalue weighted by atomic mass is 10.2. The van der Waals surface area contributed by atoms with E-state index < -0.39 is 0 Å². The number of ketones is 1. The van der Waals surface area contributed by atoms with E-state index in [1.165, 1.54) is 12.8 Å². The molecule has 1 fully saturated rings. The van der Waals surface area contributed by atoms with Crippen molar-refractivity contribution in [3.8, 4) is 0 Å². The minimum atomic E-state index is 0.0178. The summed E-state index contributed by atoms with van der Waals surface area (Å²) in [6.07, 6.45) is 2.64. The Morgan fingerprint density at radius 3 is 2.68 bits per heavy atom. The second kappa shape index (κ2) is 5.68. The van der Waals surface area contributed by atoms with Crippen LogP contribution in [0.3, 0.4) is 0 Å². The van der Waals surface area contributed by atoms with Crippen LogP contribution >= 0.6 is 11.6 Å². The highest BCUT2D eigenvalue weighted by molar-refractivity contribution is 6.30. The summed E-state index contributed by atoms with van der Waals surface area (Å²) in [5.41, 5.74) is 2.95. The van der Waals surface area contributed by atoms with E-state index in [0.29, 0.717) is 6.04 Å². The largest absolute Gasteiger partial charge is 0.347 e. The van der Waals surface area contributed by atoms with Gasteiger partial charge in [0.15, 0.2) is 5.78 Å². The normalized spacial score (nSPS) is 16.9. The maximum Gasteiger partial charge on any atom is 0.179 e. The SMILES string of the molecule is Cc1cc(C(=O)CCl)c(C)n1CC(C)N(C)C1CC1. The third kappa shape index (κ3) is 3.03. The van der Waals surface area contributed by atoms with Gasteiger partial charge in [-0.2, -0.15) is 0 Å². The lowest BCUT2D eigenvalue weighted by Gasteiger charge is -2.26. The molecule has 0 aliphatic heterocycles. The molecule has 0 spiro atoms. The van der Waals surface area contributed by atoms with Gasteiger partial charge in [-0.3, -0.25) is 9.69 Å². The topological polar surface area (TPSA) is 25.2 Å². The number of hydrogen-bond acceptors (Lipinski definition) is 2. The molecule has 2 rings (SSSR count). The monoisotopic (exact) mass is 282 g/mol. The van der Waals surface area contributed by atoms with E-state index >= 15 is 0 Å². The van der Waals surface area contributed by atoms with Crippen LogP contribution < -0.4 is 0 Å². The van der Waals surface area contributed by atoms with Gasteiger partial charge in [0, 0.05) is 35.6 Å². The Morgan fingerprint density at radius 2 is 2.16 bits per heavy atom. The number of aryl methyl sites for hydroxylation is 1. The third-order valence-electron chi connectivity index (χ3n) is 4.26. The van der Waals surface area contributed by atoms with Gasteiger partial charge in [-0.25, -0.2) is 0 Å². The molecule has 1 aromatic rings. The molecule has 1 aromatic heterocycles. The van der Waals surface area contributed by atoms with Gasteiger partial charge >= 0.3 is 0 Å². The molecule has 0 bridgehead atoms. The first kappa shape index (κ1) is 14.6. The van der Waals surface area contributed by atoms with Crippen LogP contribution in [0.5, 0.6) is 0 Å². The number of carbonyl (C=O) groups excluding carboxylic acids is 1. The van der Waals surface area contributed by atoms with Gasteiger partial charge in [0.05, 0.1) is 5.88 Å². The predicted molar refractivity (Wildman–Crippen MR) is 79.2 cm³/mol. The molecular formula is C15H23ClN2O. The average molecular weight is 283 g/mol. The van der Waals surface area contributed by atoms with Crippen molar-refractivity contribution >= 4 is 17.4 Å². The molecule has 1 aliphatic carbocycles. The third-order valence-corrected chi connectivity index (χ3v) is 4.50. The van der Waals surface area contributed by atoms with Crippen molar-refractivity contribution in [2.24, 2.45) is 0 Å². The van der Waals surface area contributed by atoms with Crippen molar-refractivity contribution in [1.82, 2.24) is 9.47 Å². The van der Waals surface area contributed by atoms with Crippen molar-refractivity contribution in [3.05, 3.63) is 23.0 Å². The van der Waals surface area contributed by atoms with Crippen LogP contribution in [-0.2, 0) is 6.54 Å². The standard InChI is InChI=1S/C15H23ClN2O/c1-10-7-14(15(19)8-16)12(3)18(10)9-11(2)17(4)13-5-6-13/h7,11,13H,5-6,8-9H2,1-4H3. The lowest BCUT2D eigenvalue weighted by Crippen LogP contribution is -2.35. The quantitative estimate of drug-likeness (QED) is 0.592. The Balaban J connectivity index is 2.15. The summed E-state index contributed by atoms with van der Waals surface area (Å²) in [4.78, 5) is 14.2. The average Bonchev–Trinajstić information content (AvgIpc) is 3.19.